The van der Waals surface area contributed by atoms with Gasteiger partial charge >= 0.3 is 0 Å². The van der Waals surface area contributed by atoms with Gasteiger partial charge < -0.3 is 15.4 Å². The number of halogens is 1. The number of methoxy groups -OCH3 is 1. The van der Waals surface area contributed by atoms with E-state index in [0.29, 0.717) is 17.1 Å². The fourth-order valence-electron chi connectivity index (χ4n) is 3.18. The Hall–Kier alpha value is -3.71. The summed E-state index contributed by atoms with van der Waals surface area (Å²) in [5, 5.41) is 5.61. The Balaban J connectivity index is 1.72. The second-order valence-corrected chi connectivity index (χ2v) is 7.00. The molecule has 31 heavy (non-hydrogen) atoms. The number of nitrogens with one attached hydrogen (secondary N) is 2. The van der Waals surface area contributed by atoms with E-state index in [0.717, 1.165) is 5.56 Å². The highest BCUT2D eigenvalue weighted by molar-refractivity contribution is 5.97. The largest absolute Gasteiger partial charge is 0.497 e. The van der Waals surface area contributed by atoms with E-state index in [-0.39, 0.29) is 24.2 Å². The van der Waals surface area contributed by atoms with E-state index < -0.39 is 6.04 Å². The topological polar surface area (TPSA) is 70.7 Å². The highest BCUT2D eigenvalue weighted by Crippen LogP contribution is 2.22. The summed E-state index contributed by atoms with van der Waals surface area (Å²) >= 11 is 0. The number of carbonyl (C=O) groups excluding carboxylic acids is 2. The molecule has 0 aromatic heterocycles. The van der Waals surface area contributed by atoms with Crippen molar-refractivity contribution < 1.29 is 18.7 Å². The molecular weight excluding hydrogens is 397 g/mol. The molecule has 0 radical (unpaired) electrons. The number of hydrogen-bond donors (Lipinski definition) is 2. The molecule has 0 unspecified atom stereocenters. The van der Waals surface area contributed by atoms with Crippen molar-refractivity contribution in [3.63, 3.8) is 0 Å². The third kappa shape index (κ3) is 6.13. The molecule has 3 rings (SSSR count). The van der Waals surface area contributed by atoms with E-state index in [1.807, 2.05) is 30.3 Å². The third-order valence-electron chi connectivity index (χ3n) is 4.68. The Morgan fingerprint density at radius 2 is 1.48 bits per heavy atom. The molecule has 0 aliphatic carbocycles. The van der Waals surface area contributed by atoms with E-state index in [9.17, 15) is 14.0 Å². The van der Waals surface area contributed by atoms with Crippen LogP contribution < -0.4 is 15.4 Å². The summed E-state index contributed by atoms with van der Waals surface area (Å²) in [4.78, 5) is 27.3. The number of benzene rings is 3. The lowest BCUT2D eigenvalue weighted by atomic mass is 10.0. The maximum absolute atomic E-state index is 13.2. The minimum absolute atomic E-state index is 0.0115. The number of ether oxygens (including phenoxy) is 1. The normalized spacial score (nSPS) is 11.6. The van der Waals surface area contributed by atoms with Gasteiger partial charge in [0.2, 0.25) is 11.8 Å². The second kappa shape index (κ2) is 10.4. The zero-order chi connectivity index (χ0) is 22.2. The molecule has 0 fully saturated rings. The van der Waals surface area contributed by atoms with Crippen molar-refractivity contribution in [1.82, 2.24) is 4.90 Å². The van der Waals surface area contributed by atoms with Gasteiger partial charge in [-0.3, -0.25) is 14.5 Å². The molecule has 160 valence electrons. The molecule has 0 spiro atoms. The second-order valence-electron chi connectivity index (χ2n) is 7.00. The quantitative estimate of drug-likeness (QED) is 0.575. The first kappa shape index (κ1) is 22.0. The standard InChI is InChI=1S/C24H24FN3O3/c1-28(16-22(29)26-19-12-14-21(31-2)15-13-19)23(17-6-4-3-5-7-17)24(30)27-20-10-8-18(25)9-11-20/h3-15,23H,16H2,1-2H3,(H,26,29)(H,27,30)/t23-/m1/s1. The van der Waals surface area contributed by atoms with Crippen molar-refractivity contribution in [2.45, 2.75) is 6.04 Å². The molecule has 0 saturated carbocycles. The van der Waals surface area contributed by atoms with Crippen molar-refractivity contribution in [3.8, 4) is 5.75 Å². The molecule has 3 aromatic rings. The first-order valence-electron chi connectivity index (χ1n) is 9.72. The summed E-state index contributed by atoms with van der Waals surface area (Å²) in [6, 6.07) is 21.0. The van der Waals surface area contributed by atoms with Crippen LogP contribution in [0.4, 0.5) is 15.8 Å². The Kier molecular flexibility index (Phi) is 7.35. The predicted octanol–water partition coefficient (Wildman–Crippen LogP) is 4.08. The molecule has 0 aliphatic rings. The minimum atomic E-state index is -0.715. The van der Waals surface area contributed by atoms with Gasteiger partial charge in [0.25, 0.3) is 0 Å². The van der Waals surface area contributed by atoms with Gasteiger partial charge in [-0.05, 0) is 61.1 Å². The van der Waals surface area contributed by atoms with Crippen LogP contribution in [-0.2, 0) is 9.59 Å². The van der Waals surface area contributed by atoms with Gasteiger partial charge in [0, 0.05) is 11.4 Å². The third-order valence-corrected chi connectivity index (χ3v) is 4.68. The van der Waals surface area contributed by atoms with Crippen LogP contribution in [0, 0.1) is 5.82 Å². The van der Waals surface area contributed by atoms with Crippen molar-refractivity contribution in [1.29, 1.82) is 0 Å². The number of carbonyl (C=O) groups is 2. The highest BCUT2D eigenvalue weighted by Gasteiger charge is 2.26. The number of anilines is 2. The molecule has 3 aromatic carbocycles. The Morgan fingerprint density at radius 3 is 2.10 bits per heavy atom. The summed E-state index contributed by atoms with van der Waals surface area (Å²) in [6.07, 6.45) is 0. The number of amides is 2. The van der Waals surface area contributed by atoms with E-state index in [1.54, 1.807) is 43.3 Å². The average molecular weight is 421 g/mol. The van der Waals surface area contributed by atoms with Crippen LogP contribution in [0.2, 0.25) is 0 Å². The zero-order valence-electron chi connectivity index (χ0n) is 17.3. The lowest BCUT2D eigenvalue weighted by Gasteiger charge is -2.27. The lowest BCUT2D eigenvalue weighted by Crippen LogP contribution is -2.39. The number of rotatable bonds is 8. The average Bonchev–Trinajstić information content (AvgIpc) is 2.76. The Morgan fingerprint density at radius 1 is 0.903 bits per heavy atom. The summed E-state index contributed by atoms with van der Waals surface area (Å²) in [5.74, 6) is -0.276. The lowest BCUT2D eigenvalue weighted by molar-refractivity contribution is -0.123. The van der Waals surface area contributed by atoms with Crippen LogP contribution in [0.15, 0.2) is 78.9 Å². The minimum Gasteiger partial charge on any atom is -0.497 e. The Labute approximate surface area is 180 Å². The van der Waals surface area contributed by atoms with E-state index in [1.165, 1.54) is 24.3 Å². The first-order valence-corrected chi connectivity index (χ1v) is 9.72. The van der Waals surface area contributed by atoms with Crippen LogP contribution >= 0.6 is 0 Å². The van der Waals surface area contributed by atoms with Gasteiger partial charge in [-0.25, -0.2) is 4.39 Å². The highest BCUT2D eigenvalue weighted by atomic mass is 19.1. The maximum Gasteiger partial charge on any atom is 0.246 e. The van der Waals surface area contributed by atoms with Crippen molar-refractivity contribution in [2.75, 3.05) is 31.3 Å². The predicted molar refractivity (Wildman–Crippen MR) is 118 cm³/mol. The van der Waals surface area contributed by atoms with Gasteiger partial charge in [0.05, 0.1) is 13.7 Å². The van der Waals surface area contributed by atoms with Crippen LogP contribution in [0.1, 0.15) is 11.6 Å². The number of nitrogens with zero attached hydrogens (tertiary/aromatic N) is 1. The fourth-order valence-corrected chi connectivity index (χ4v) is 3.18. The molecule has 0 saturated heterocycles. The van der Waals surface area contributed by atoms with Crippen LogP contribution in [0.25, 0.3) is 0 Å². The summed E-state index contributed by atoms with van der Waals surface area (Å²) in [6.45, 7) is -0.0115. The van der Waals surface area contributed by atoms with Gasteiger partial charge in [0.15, 0.2) is 0 Å². The van der Waals surface area contributed by atoms with Crippen molar-refractivity contribution >= 4 is 23.2 Å². The fraction of sp³-hybridized carbons (Fsp3) is 0.167. The van der Waals surface area contributed by atoms with Crippen LogP contribution in [-0.4, -0.2) is 37.4 Å². The zero-order valence-corrected chi connectivity index (χ0v) is 17.3. The SMILES string of the molecule is COc1ccc(NC(=O)CN(C)[C@@H](C(=O)Nc2ccc(F)cc2)c2ccccc2)cc1. The molecule has 7 heteroatoms. The van der Waals surface area contributed by atoms with Crippen molar-refractivity contribution in [2.24, 2.45) is 0 Å². The van der Waals surface area contributed by atoms with E-state index in [4.69, 9.17) is 4.74 Å². The molecule has 2 N–H and O–H groups in total. The van der Waals surface area contributed by atoms with E-state index >= 15 is 0 Å². The van der Waals surface area contributed by atoms with Gasteiger partial charge in [-0.2, -0.15) is 0 Å². The van der Waals surface area contributed by atoms with Crippen LogP contribution in [0.3, 0.4) is 0 Å². The smallest absolute Gasteiger partial charge is 0.246 e. The summed E-state index contributed by atoms with van der Waals surface area (Å²) in [5.41, 5.74) is 1.84. The van der Waals surface area contributed by atoms with Crippen molar-refractivity contribution in [3.05, 3.63) is 90.2 Å². The monoisotopic (exact) mass is 421 g/mol. The Bertz CT molecular complexity index is 1010. The molecule has 0 aliphatic heterocycles. The van der Waals surface area contributed by atoms with Gasteiger partial charge in [-0.15, -0.1) is 0 Å². The number of likely N-dealkylation sites (N-methyl/N-ethyl adjacent to an activating group) is 1. The molecule has 6 nitrogen and oxygen atoms in total. The van der Waals surface area contributed by atoms with Gasteiger partial charge in [-0.1, -0.05) is 30.3 Å². The molecule has 2 amide bonds. The number of hydrogen-bond acceptors (Lipinski definition) is 4. The van der Waals surface area contributed by atoms with Crippen LogP contribution in [0.5, 0.6) is 5.75 Å². The summed E-state index contributed by atoms with van der Waals surface area (Å²) < 4.78 is 18.3. The summed E-state index contributed by atoms with van der Waals surface area (Å²) in [7, 11) is 3.28. The molecular formula is C24H24FN3O3. The van der Waals surface area contributed by atoms with E-state index in [2.05, 4.69) is 10.6 Å². The molecule has 0 heterocycles. The van der Waals surface area contributed by atoms with Gasteiger partial charge in [0.1, 0.15) is 17.6 Å². The first-order chi connectivity index (χ1) is 15.0. The molecule has 0 bridgehead atoms. The molecule has 1 atom stereocenters. The maximum atomic E-state index is 13.2.